The number of aliphatic carboxylic acids is 1. The molecule has 3 rings (SSSR count). The van der Waals surface area contributed by atoms with Crippen LogP contribution in [0.1, 0.15) is 34.9 Å². The van der Waals surface area contributed by atoms with Crippen molar-refractivity contribution < 1.29 is 9.90 Å². The van der Waals surface area contributed by atoms with E-state index in [2.05, 4.69) is 53.6 Å². The molecule has 22 heavy (non-hydrogen) atoms. The van der Waals surface area contributed by atoms with Gasteiger partial charge >= 0.3 is 5.97 Å². The minimum Gasteiger partial charge on any atom is -0.481 e. The summed E-state index contributed by atoms with van der Waals surface area (Å²) in [5.41, 5.74) is 2.55. The van der Waals surface area contributed by atoms with Gasteiger partial charge in [0.05, 0.1) is 12.0 Å². The molecule has 1 aromatic heterocycles. The predicted octanol–water partition coefficient (Wildman–Crippen LogP) is 3.94. The summed E-state index contributed by atoms with van der Waals surface area (Å²) in [5, 5.41) is 11.5. The molecule has 0 aliphatic carbocycles. The average Bonchev–Trinajstić information content (AvgIpc) is 3.04. The summed E-state index contributed by atoms with van der Waals surface area (Å²) >= 11 is 1.75. The molecule has 0 radical (unpaired) electrons. The van der Waals surface area contributed by atoms with Gasteiger partial charge in [-0.1, -0.05) is 30.3 Å². The number of carboxylic acids is 1. The van der Waals surface area contributed by atoms with Crippen molar-refractivity contribution in [2.24, 2.45) is 5.92 Å². The van der Waals surface area contributed by atoms with Crippen LogP contribution in [0.3, 0.4) is 0 Å². The second kappa shape index (κ2) is 6.63. The number of nitrogens with zero attached hydrogens (tertiary/aromatic N) is 1. The Morgan fingerprint density at radius 2 is 2.14 bits per heavy atom. The summed E-state index contributed by atoms with van der Waals surface area (Å²) in [6.45, 7) is 3.72. The Morgan fingerprint density at radius 1 is 1.32 bits per heavy atom. The van der Waals surface area contributed by atoms with Crippen molar-refractivity contribution in [3.63, 3.8) is 0 Å². The van der Waals surface area contributed by atoms with Gasteiger partial charge in [0, 0.05) is 11.4 Å². The molecule has 1 fully saturated rings. The number of aryl methyl sites for hydroxylation is 1. The molecule has 1 N–H and O–H groups in total. The predicted molar refractivity (Wildman–Crippen MR) is 89.3 cm³/mol. The van der Waals surface area contributed by atoms with Gasteiger partial charge in [-0.15, -0.1) is 11.3 Å². The molecule has 1 aliphatic rings. The van der Waals surface area contributed by atoms with Crippen LogP contribution in [0, 0.1) is 12.8 Å². The van der Waals surface area contributed by atoms with Crippen molar-refractivity contribution in [2.75, 3.05) is 13.1 Å². The molecule has 1 aliphatic heterocycles. The van der Waals surface area contributed by atoms with Crippen LogP contribution in [0.4, 0.5) is 0 Å². The fraction of sp³-hybridized carbons (Fsp3) is 0.389. The van der Waals surface area contributed by atoms with Gasteiger partial charge in [-0.25, -0.2) is 0 Å². The van der Waals surface area contributed by atoms with E-state index in [1.165, 1.54) is 16.0 Å². The summed E-state index contributed by atoms with van der Waals surface area (Å²) < 4.78 is 0. The number of thiophene rings is 1. The van der Waals surface area contributed by atoms with Gasteiger partial charge in [-0.3, -0.25) is 9.69 Å². The first-order chi connectivity index (χ1) is 10.7. The van der Waals surface area contributed by atoms with E-state index in [1.54, 1.807) is 11.3 Å². The van der Waals surface area contributed by atoms with Crippen LogP contribution in [0.25, 0.3) is 0 Å². The van der Waals surface area contributed by atoms with Crippen molar-refractivity contribution in [1.82, 2.24) is 4.90 Å². The molecule has 0 saturated carbocycles. The third kappa shape index (κ3) is 3.08. The van der Waals surface area contributed by atoms with Gasteiger partial charge in [-0.2, -0.15) is 0 Å². The molecule has 2 atom stereocenters. The van der Waals surface area contributed by atoms with Crippen molar-refractivity contribution in [1.29, 1.82) is 0 Å². The zero-order valence-electron chi connectivity index (χ0n) is 12.7. The SMILES string of the molecule is Cc1ccccc1C(c1cccs1)N1CCCC(C(=O)O)C1. The zero-order chi connectivity index (χ0) is 15.5. The zero-order valence-corrected chi connectivity index (χ0v) is 13.6. The number of piperidine rings is 1. The van der Waals surface area contributed by atoms with Crippen LogP contribution in [-0.4, -0.2) is 29.1 Å². The smallest absolute Gasteiger partial charge is 0.307 e. The second-order valence-electron chi connectivity index (χ2n) is 5.95. The highest BCUT2D eigenvalue weighted by Gasteiger charge is 2.32. The van der Waals surface area contributed by atoms with Crippen LogP contribution >= 0.6 is 11.3 Å². The molecular weight excluding hydrogens is 294 g/mol. The van der Waals surface area contributed by atoms with E-state index in [0.29, 0.717) is 6.54 Å². The lowest BCUT2D eigenvalue weighted by atomic mass is 9.92. The lowest BCUT2D eigenvalue weighted by Gasteiger charge is -2.37. The lowest BCUT2D eigenvalue weighted by molar-refractivity contribution is -0.143. The number of hydrogen-bond acceptors (Lipinski definition) is 3. The molecule has 2 aromatic rings. The van der Waals surface area contributed by atoms with Gasteiger partial charge in [-0.05, 0) is 48.9 Å². The van der Waals surface area contributed by atoms with Crippen molar-refractivity contribution >= 4 is 17.3 Å². The van der Waals surface area contributed by atoms with Crippen LogP contribution in [0.5, 0.6) is 0 Å². The quantitative estimate of drug-likeness (QED) is 0.929. The molecule has 1 aromatic carbocycles. The minimum absolute atomic E-state index is 0.170. The molecule has 0 bridgehead atoms. The number of carbonyl (C=O) groups is 1. The monoisotopic (exact) mass is 315 g/mol. The highest BCUT2D eigenvalue weighted by molar-refractivity contribution is 7.10. The van der Waals surface area contributed by atoms with Crippen LogP contribution in [0.15, 0.2) is 41.8 Å². The Hall–Kier alpha value is -1.65. The second-order valence-corrected chi connectivity index (χ2v) is 6.93. The van der Waals surface area contributed by atoms with Gasteiger partial charge in [0.15, 0.2) is 0 Å². The van der Waals surface area contributed by atoms with Crippen molar-refractivity contribution in [3.8, 4) is 0 Å². The Bertz CT molecular complexity index is 638. The van der Waals surface area contributed by atoms with Crippen LogP contribution < -0.4 is 0 Å². The molecule has 0 amide bonds. The van der Waals surface area contributed by atoms with Crippen LogP contribution in [0.2, 0.25) is 0 Å². The van der Waals surface area contributed by atoms with E-state index in [1.807, 2.05) is 0 Å². The molecule has 3 nitrogen and oxygen atoms in total. The summed E-state index contributed by atoms with van der Waals surface area (Å²) in [7, 11) is 0. The Balaban J connectivity index is 1.96. The first-order valence-corrected chi connectivity index (χ1v) is 8.60. The number of hydrogen-bond donors (Lipinski definition) is 1. The number of carboxylic acid groups (broad SMARTS) is 1. The van der Waals surface area contributed by atoms with E-state index in [-0.39, 0.29) is 12.0 Å². The molecule has 2 unspecified atom stereocenters. The van der Waals surface area contributed by atoms with E-state index >= 15 is 0 Å². The van der Waals surface area contributed by atoms with Gasteiger partial charge in [0.1, 0.15) is 0 Å². The van der Waals surface area contributed by atoms with E-state index in [4.69, 9.17) is 0 Å². The maximum atomic E-state index is 11.4. The third-order valence-electron chi connectivity index (χ3n) is 4.46. The average molecular weight is 315 g/mol. The van der Waals surface area contributed by atoms with Crippen LogP contribution in [-0.2, 0) is 4.79 Å². The van der Waals surface area contributed by atoms with E-state index in [9.17, 15) is 9.90 Å². The van der Waals surface area contributed by atoms with E-state index in [0.717, 1.165) is 19.4 Å². The lowest BCUT2D eigenvalue weighted by Crippen LogP contribution is -2.41. The third-order valence-corrected chi connectivity index (χ3v) is 5.39. The molecule has 0 spiro atoms. The number of benzene rings is 1. The summed E-state index contributed by atoms with van der Waals surface area (Å²) in [6.07, 6.45) is 1.74. The topological polar surface area (TPSA) is 40.5 Å². The first-order valence-electron chi connectivity index (χ1n) is 7.72. The number of likely N-dealkylation sites (tertiary alicyclic amines) is 1. The summed E-state index contributed by atoms with van der Waals surface area (Å²) in [5.74, 6) is -0.917. The molecule has 116 valence electrons. The minimum atomic E-state index is -0.667. The number of rotatable bonds is 4. The highest BCUT2D eigenvalue weighted by atomic mass is 32.1. The van der Waals surface area contributed by atoms with Crippen molar-refractivity contribution in [2.45, 2.75) is 25.8 Å². The highest BCUT2D eigenvalue weighted by Crippen LogP contribution is 2.36. The maximum Gasteiger partial charge on any atom is 0.307 e. The van der Waals surface area contributed by atoms with Crippen molar-refractivity contribution in [3.05, 3.63) is 57.8 Å². The normalized spacial score (nSPS) is 20.7. The molecule has 4 heteroatoms. The molecular formula is C18H21NO2S. The summed E-state index contributed by atoms with van der Waals surface area (Å²) in [4.78, 5) is 15.0. The molecule has 1 saturated heterocycles. The van der Waals surface area contributed by atoms with Gasteiger partial charge in [0.2, 0.25) is 0 Å². The Kier molecular flexibility index (Phi) is 4.60. The largest absolute Gasteiger partial charge is 0.481 e. The first kappa shape index (κ1) is 15.3. The van der Waals surface area contributed by atoms with Gasteiger partial charge in [0.25, 0.3) is 0 Å². The Labute approximate surface area is 135 Å². The molecule has 2 heterocycles. The summed E-state index contributed by atoms with van der Waals surface area (Å²) in [6, 6.07) is 12.8. The fourth-order valence-electron chi connectivity index (χ4n) is 3.31. The van der Waals surface area contributed by atoms with E-state index < -0.39 is 5.97 Å². The standard InChI is InChI=1S/C18H21NO2S/c1-13-6-2-3-8-15(13)17(16-9-5-11-22-16)19-10-4-7-14(12-19)18(20)21/h2-3,5-6,8-9,11,14,17H,4,7,10,12H2,1H3,(H,20,21). The Morgan fingerprint density at radius 3 is 2.82 bits per heavy atom. The maximum absolute atomic E-state index is 11.4. The fourth-order valence-corrected chi connectivity index (χ4v) is 4.19. The van der Waals surface area contributed by atoms with Gasteiger partial charge < -0.3 is 5.11 Å².